The topological polar surface area (TPSA) is 62.5 Å². The molecule has 0 unspecified atom stereocenters. The van der Waals surface area contributed by atoms with Crippen molar-refractivity contribution in [3.05, 3.63) is 54.0 Å². The Morgan fingerprint density at radius 1 is 1.14 bits per heavy atom. The monoisotopic (exact) mass is 285 g/mol. The number of aryl methyl sites for hydroxylation is 1. The third-order valence-corrected chi connectivity index (χ3v) is 3.53. The second-order valence-electron chi connectivity index (χ2n) is 4.83. The zero-order valence-corrected chi connectivity index (χ0v) is 11.2. The second-order valence-corrected chi connectivity index (χ2v) is 4.83. The lowest BCUT2D eigenvalue weighted by Crippen LogP contribution is -2.03. The number of phenols is 1. The lowest BCUT2D eigenvalue weighted by molar-refractivity contribution is 0.0687. The Kier molecular flexibility index (Phi) is 2.90. The van der Waals surface area contributed by atoms with Crippen LogP contribution in [0.1, 0.15) is 10.5 Å². The van der Waals surface area contributed by atoms with E-state index in [9.17, 15) is 14.3 Å². The quantitative estimate of drug-likeness (QED) is 0.758. The van der Waals surface area contributed by atoms with Gasteiger partial charge in [-0.3, -0.25) is 0 Å². The predicted molar refractivity (Wildman–Crippen MR) is 76.9 cm³/mol. The minimum atomic E-state index is -1.01. The third-order valence-electron chi connectivity index (χ3n) is 3.53. The average molecular weight is 285 g/mol. The van der Waals surface area contributed by atoms with Crippen molar-refractivity contribution in [1.82, 2.24) is 4.57 Å². The number of carbonyl (C=O) groups is 1. The minimum absolute atomic E-state index is 0.0230. The summed E-state index contributed by atoms with van der Waals surface area (Å²) in [4.78, 5) is 11.1. The van der Waals surface area contributed by atoms with Crippen molar-refractivity contribution in [2.24, 2.45) is 7.05 Å². The van der Waals surface area contributed by atoms with E-state index >= 15 is 0 Å². The van der Waals surface area contributed by atoms with Gasteiger partial charge in [0.25, 0.3) is 0 Å². The highest BCUT2D eigenvalue weighted by Gasteiger charge is 2.13. The molecule has 2 aromatic carbocycles. The standard InChI is InChI=1S/C16H12FNO3/c1-18-13-4-2-9(6-10(13)7-14(18)16(20)21)12-8-11(17)3-5-15(12)19/h2-8,19H,1H3,(H,20,21). The largest absolute Gasteiger partial charge is 0.507 e. The Morgan fingerprint density at radius 3 is 2.62 bits per heavy atom. The molecule has 0 aliphatic rings. The van der Waals surface area contributed by atoms with Crippen molar-refractivity contribution in [3.63, 3.8) is 0 Å². The third kappa shape index (κ3) is 2.12. The summed E-state index contributed by atoms with van der Waals surface area (Å²) in [6.45, 7) is 0. The first-order valence-corrected chi connectivity index (χ1v) is 6.29. The number of halogens is 1. The number of benzene rings is 2. The van der Waals surface area contributed by atoms with Gasteiger partial charge < -0.3 is 14.8 Å². The molecular weight excluding hydrogens is 273 g/mol. The van der Waals surface area contributed by atoms with Crippen molar-refractivity contribution < 1.29 is 19.4 Å². The fourth-order valence-electron chi connectivity index (χ4n) is 2.46. The molecule has 1 heterocycles. The van der Waals surface area contributed by atoms with Gasteiger partial charge in [-0.25, -0.2) is 9.18 Å². The maximum Gasteiger partial charge on any atom is 0.352 e. The van der Waals surface area contributed by atoms with Crippen LogP contribution in [0.3, 0.4) is 0 Å². The van der Waals surface area contributed by atoms with E-state index in [1.54, 1.807) is 35.9 Å². The number of aromatic hydroxyl groups is 1. The molecule has 1 aromatic heterocycles. The van der Waals surface area contributed by atoms with Gasteiger partial charge in [-0.05, 0) is 42.0 Å². The SMILES string of the molecule is Cn1c(C(=O)O)cc2cc(-c3cc(F)ccc3O)ccc21. The van der Waals surface area contributed by atoms with Crippen LogP contribution >= 0.6 is 0 Å². The van der Waals surface area contributed by atoms with Gasteiger partial charge in [-0.2, -0.15) is 0 Å². The van der Waals surface area contributed by atoms with Crippen LogP contribution in [0.2, 0.25) is 0 Å². The molecule has 0 aliphatic heterocycles. The predicted octanol–water partition coefficient (Wildman–Crippen LogP) is 3.39. The van der Waals surface area contributed by atoms with E-state index in [1.807, 2.05) is 0 Å². The molecule has 4 nitrogen and oxygen atoms in total. The van der Waals surface area contributed by atoms with E-state index in [0.717, 1.165) is 10.9 Å². The summed E-state index contributed by atoms with van der Waals surface area (Å²) in [6.07, 6.45) is 0. The Bertz CT molecular complexity index is 867. The van der Waals surface area contributed by atoms with E-state index in [-0.39, 0.29) is 11.4 Å². The van der Waals surface area contributed by atoms with Crippen molar-refractivity contribution in [1.29, 1.82) is 0 Å². The van der Waals surface area contributed by atoms with E-state index < -0.39 is 11.8 Å². The van der Waals surface area contributed by atoms with Crippen molar-refractivity contribution in [3.8, 4) is 16.9 Å². The number of carboxylic acid groups (broad SMARTS) is 1. The highest BCUT2D eigenvalue weighted by atomic mass is 19.1. The van der Waals surface area contributed by atoms with Gasteiger partial charge >= 0.3 is 5.97 Å². The molecule has 0 saturated heterocycles. The molecule has 106 valence electrons. The maximum absolute atomic E-state index is 13.3. The van der Waals surface area contributed by atoms with Gasteiger partial charge in [0.1, 0.15) is 17.3 Å². The first-order valence-electron chi connectivity index (χ1n) is 6.29. The Balaban J connectivity index is 2.22. The van der Waals surface area contributed by atoms with Crippen LogP contribution in [0, 0.1) is 5.82 Å². The minimum Gasteiger partial charge on any atom is -0.507 e. The molecule has 0 spiro atoms. The molecule has 5 heteroatoms. The molecule has 0 bridgehead atoms. The first kappa shape index (κ1) is 13.2. The summed E-state index contributed by atoms with van der Waals surface area (Å²) in [5.74, 6) is -1.48. The number of aromatic carboxylic acids is 1. The molecule has 0 aliphatic carbocycles. The van der Waals surface area contributed by atoms with Crippen molar-refractivity contribution in [2.45, 2.75) is 0 Å². The lowest BCUT2D eigenvalue weighted by Gasteiger charge is -2.06. The number of fused-ring (bicyclic) bond motifs is 1. The van der Waals surface area contributed by atoms with Crippen LogP contribution in [0.5, 0.6) is 5.75 Å². The van der Waals surface area contributed by atoms with Crippen molar-refractivity contribution >= 4 is 16.9 Å². The van der Waals surface area contributed by atoms with E-state index in [0.29, 0.717) is 11.1 Å². The molecular formula is C16H12FNO3. The fraction of sp³-hybridized carbons (Fsp3) is 0.0625. The molecule has 3 rings (SSSR count). The number of phenolic OH excluding ortho intramolecular Hbond substituents is 1. The lowest BCUT2D eigenvalue weighted by atomic mass is 10.0. The zero-order chi connectivity index (χ0) is 15.1. The van der Waals surface area contributed by atoms with Gasteiger partial charge in [-0.1, -0.05) is 6.07 Å². The molecule has 0 atom stereocenters. The number of rotatable bonds is 2. The van der Waals surface area contributed by atoms with Crippen LogP contribution in [0.25, 0.3) is 22.0 Å². The van der Waals surface area contributed by atoms with E-state index in [2.05, 4.69) is 0 Å². The van der Waals surface area contributed by atoms with Gasteiger partial charge in [0.05, 0.1) is 0 Å². The average Bonchev–Trinajstić information content (AvgIpc) is 2.78. The molecule has 2 N–H and O–H groups in total. The van der Waals surface area contributed by atoms with Crippen LogP contribution in [0.4, 0.5) is 4.39 Å². The summed E-state index contributed by atoms with van der Waals surface area (Å²) in [6, 6.07) is 10.5. The van der Waals surface area contributed by atoms with Gasteiger partial charge in [-0.15, -0.1) is 0 Å². The molecule has 0 saturated carbocycles. The zero-order valence-electron chi connectivity index (χ0n) is 11.2. The highest BCUT2D eigenvalue weighted by molar-refractivity contribution is 5.96. The Labute approximate surface area is 119 Å². The maximum atomic E-state index is 13.3. The summed E-state index contributed by atoms with van der Waals surface area (Å²) in [5.41, 5.74) is 1.93. The van der Waals surface area contributed by atoms with Gasteiger partial charge in [0.15, 0.2) is 0 Å². The molecule has 0 radical (unpaired) electrons. The van der Waals surface area contributed by atoms with Crippen LogP contribution in [0.15, 0.2) is 42.5 Å². The molecule has 21 heavy (non-hydrogen) atoms. The van der Waals surface area contributed by atoms with E-state index in [1.165, 1.54) is 18.2 Å². The molecule has 3 aromatic rings. The normalized spacial score (nSPS) is 11.0. The van der Waals surface area contributed by atoms with Crippen LogP contribution in [-0.4, -0.2) is 20.7 Å². The Morgan fingerprint density at radius 2 is 1.90 bits per heavy atom. The van der Waals surface area contributed by atoms with Gasteiger partial charge in [0, 0.05) is 23.5 Å². The summed E-state index contributed by atoms with van der Waals surface area (Å²) < 4.78 is 14.9. The molecule has 0 amide bonds. The van der Waals surface area contributed by atoms with Gasteiger partial charge in [0.2, 0.25) is 0 Å². The second kappa shape index (κ2) is 4.63. The van der Waals surface area contributed by atoms with Crippen LogP contribution < -0.4 is 0 Å². The number of carboxylic acids is 1. The fourth-order valence-corrected chi connectivity index (χ4v) is 2.46. The summed E-state index contributed by atoms with van der Waals surface area (Å²) >= 11 is 0. The Hall–Kier alpha value is -2.82. The number of aromatic nitrogens is 1. The number of nitrogens with zero attached hydrogens (tertiary/aromatic N) is 1. The molecule has 0 fully saturated rings. The smallest absolute Gasteiger partial charge is 0.352 e. The number of hydrogen-bond acceptors (Lipinski definition) is 2. The van der Waals surface area contributed by atoms with Crippen LogP contribution in [-0.2, 0) is 7.05 Å². The number of hydrogen-bond donors (Lipinski definition) is 2. The first-order chi connectivity index (χ1) is 9.97. The summed E-state index contributed by atoms with van der Waals surface area (Å²) in [7, 11) is 1.67. The summed E-state index contributed by atoms with van der Waals surface area (Å²) in [5, 5.41) is 19.7. The van der Waals surface area contributed by atoms with Crippen molar-refractivity contribution in [2.75, 3.05) is 0 Å². The highest BCUT2D eigenvalue weighted by Crippen LogP contribution is 2.32. The van der Waals surface area contributed by atoms with E-state index in [4.69, 9.17) is 5.11 Å².